The van der Waals surface area contributed by atoms with Crippen LogP contribution in [0.2, 0.25) is 0 Å². The van der Waals surface area contributed by atoms with Gasteiger partial charge in [-0.25, -0.2) is 10.3 Å². The maximum absolute atomic E-state index is 4.87. The van der Waals surface area contributed by atoms with Gasteiger partial charge in [-0.3, -0.25) is 0 Å². The molecule has 0 unspecified atom stereocenters. The topological polar surface area (TPSA) is 39.6 Å². The van der Waals surface area contributed by atoms with Crippen LogP contribution in [0.5, 0.6) is 0 Å². The van der Waals surface area contributed by atoms with Crippen LogP contribution in [0.1, 0.15) is 5.56 Å². The molecule has 1 radical (unpaired) electrons. The van der Waals surface area contributed by atoms with Crippen molar-refractivity contribution in [2.24, 2.45) is 4.99 Å². The summed E-state index contributed by atoms with van der Waals surface area (Å²) in [7, 11) is 0. The van der Waals surface area contributed by atoms with E-state index in [2.05, 4.69) is 10.3 Å². The summed E-state index contributed by atoms with van der Waals surface area (Å²) < 4.78 is 4.87. The van der Waals surface area contributed by atoms with Gasteiger partial charge in [-0.15, -0.1) is 0 Å². The molecule has 2 heterocycles. The van der Waals surface area contributed by atoms with Crippen molar-refractivity contribution in [3.05, 3.63) is 30.4 Å². The van der Waals surface area contributed by atoms with E-state index in [0.717, 1.165) is 11.3 Å². The molecule has 0 saturated carbocycles. The molecule has 1 aromatic rings. The molecule has 0 N–H and O–H groups in total. The molecule has 49 valence electrons. The fourth-order valence-electron chi connectivity index (χ4n) is 0.792. The first kappa shape index (κ1) is 5.29. The maximum atomic E-state index is 4.87. The maximum Gasteiger partial charge on any atom is 0.116 e. The number of nitrogens with zero attached hydrogens (tertiary/aromatic N) is 2. The molecule has 0 fully saturated rings. The Balaban J connectivity index is 2.36. The minimum absolute atomic E-state index is 0.855. The molecule has 0 aliphatic carbocycles. The number of furan rings is 1. The van der Waals surface area contributed by atoms with Gasteiger partial charge >= 0.3 is 0 Å². The lowest BCUT2D eigenvalue weighted by atomic mass is 10.3. The summed E-state index contributed by atoms with van der Waals surface area (Å²) in [6.45, 7) is 0. The highest BCUT2D eigenvalue weighted by atomic mass is 16.3. The standard InChI is InChI=1S/C7H5N2O/c1-2-10-4-6(1)7-3-8-5-9-7/h1-5H. The Bertz CT molecular complexity index is 272. The van der Waals surface area contributed by atoms with Crippen LogP contribution in [0.4, 0.5) is 0 Å². The number of hydrogen-bond acceptors (Lipinski definition) is 2. The summed E-state index contributed by atoms with van der Waals surface area (Å²) in [5.41, 5.74) is 1.83. The van der Waals surface area contributed by atoms with Crippen molar-refractivity contribution < 1.29 is 4.42 Å². The SMILES string of the molecule is C1=NC(c2ccoc2)=C[N]1. The van der Waals surface area contributed by atoms with Crippen molar-refractivity contribution in [2.45, 2.75) is 0 Å². The second-order valence-corrected chi connectivity index (χ2v) is 1.92. The molecule has 0 amide bonds. The molecule has 10 heavy (non-hydrogen) atoms. The highest BCUT2D eigenvalue weighted by molar-refractivity contribution is 5.78. The fraction of sp³-hybridized carbons (Fsp3) is 0. The van der Waals surface area contributed by atoms with Crippen molar-refractivity contribution in [2.75, 3.05) is 0 Å². The van der Waals surface area contributed by atoms with Crippen molar-refractivity contribution in [1.29, 1.82) is 0 Å². The molecule has 0 aromatic carbocycles. The zero-order valence-electron chi connectivity index (χ0n) is 5.19. The Morgan fingerprint density at radius 1 is 1.40 bits per heavy atom. The van der Waals surface area contributed by atoms with Gasteiger partial charge in [-0.2, -0.15) is 0 Å². The van der Waals surface area contributed by atoms with E-state index in [9.17, 15) is 0 Å². The largest absolute Gasteiger partial charge is 0.472 e. The third kappa shape index (κ3) is 0.719. The average Bonchev–Trinajstić information content (AvgIpc) is 2.59. The minimum Gasteiger partial charge on any atom is -0.472 e. The van der Waals surface area contributed by atoms with Crippen LogP contribution in [0.3, 0.4) is 0 Å². The number of rotatable bonds is 1. The predicted molar refractivity (Wildman–Crippen MR) is 37.3 cm³/mol. The molecule has 0 spiro atoms. The van der Waals surface area contributed by atoms with Crippen molar-refractivity contribution in [1.82, 2.24) is 5.32 Å². The van der Waals surface area contributed by atoms with E-state index >= 15 is 0 Å². The Morgan fingerprint density at radius 3 is 3.00 bits per heavy atom. The first-order valence-electron chi connectivity index (χ1n) is 2.92. The second kappa shape index (κ2) is 2.02. The molecule has 1 aliphatic rings. The summed E-state index contributed by atoms with van der Waals surface area (Å²) in [4.78, 5) is 3.99. The molecule has 0 saturated heterocycles. The summed E-state index contributed by atoms with van der Waals surface area (Å²) >= 11 is 0. The summed E-state index contributed by atoms with van der Waals surface area (Å²) in [6, 6.07) is 1.85. The predicted octanol–water partition coefficient (Wildman–Crippen LogP) is 1.22. The van der Waals surface area contributed by atoms with Gasteiger partial charge in [0.15, 0.2) is 0 Å². The Hall–Kier alpha value is -1.51. The monoisotopic (exact) mass is 133 g/mol. The lowest BCUT2D eigenvalue weighted by Crippen LogP contribution is -1.80. The van der Waals surface area contributed by atoms with Gasteiger partial charge in [0.1, 0.15) is 6.34 Å². The van der Waals surface area contributed by atoms with Gasteiger partial charge in [0.25, 0.3) is 0 Å². The van der Waals surface area contributed by atoms with Crippen molar-refractivity contribution in [3.8, 4) is 0 Å². The highest BCUT2D eigenvalue weighted by Gasteiger charge is 2.03. The summed E-state index contributed by atoms with van der Waals surface area (Å²) in [6.07, 6.45) is 6.47. The fourth-order valence-corrected chi connectivity index (χ4v) is 0.792. The molecule has 0 bridgehead atoms. The molecular formula is C7H5N2O. The van der Waals surface area contributed by atoms with E-state index in [1.54, 1.807) is 18.7 Å². The van der Waals surface area contributed by atoms with E-state index in [0.29, 0.717) is 0 Å². The number of hydrogen-bond donors (Lipinski definition) is 0. The first-order valence-corrected chi connectivity index (χ1v) is 2.92. The van der Waals surface area contributed by atoms with Gasteiger partial charge in [0, 0.05) is 5.56 Å². The van der Waals surface area contributed by atoms with Gasteiger partial charge in [-0.1, -0.05) is 0 Å². The van der Waals surface area contributed by atoms with Crippen molar-refractivity contribution in [3.63, 3.8) is 0 Å². The van der Waals surface area contributed by atoms with Crippen LogP contribution in [0, 0.1) is 0 Å². The zero-order valence-corrected chi connectivity index (χ0v) is 5.19. The lowest BCUT2D eigenvalue weighted by Gasteiger charge is -1.85. The molecular weight excluding hydrogens is 128 g/mol. The van der Waals surface area contributed by atoms with Crippen LogP contribution in [0.25, 0.3) is 5.70 Å². The molecule has 3 nitrogen and oxygen atoms in total. The first-order chi connectivity index (χ1) is 4.97. The van der Waals surface area contributed by atoms with Crippen LogP contribution in [0.15, 0.2) is 34.2 Å². The van der Waals surface area contributed by atoms with Gasteiger partial charge in [-0.05, 0) is 6.07 Å². The average molecular weight is 133 g/mol. The van der Waals surface area contributed by atoms with E-state index in [1.807, 2.05) is 6.07 Å². The highest BCUT2D eigenvalue weighted by Crippen LogP contribution is 2.16. The number of aliphatic imine (C=N–C) groups is 1. The van der Waals surface area contributed by atoms with E-state index in [1.165, 1.54) is 6.34 Å². The zero-order chi connectivity index (χ0) is 6.81. The van der Waals surface area contributed by atoms with E-state index < -0.39 is 0 Å². The van der Waals surface area contributed by atoms with E-state index in [-0.39, 0.29) is 0 Å². The van der Waals surface area contributed by atoms with Gasteiger partial charge in [0.05, 0.1) is 24.4 Å². The summed E-state index contributed by atoms with van der Waals surface area (Å²) in [5.74, 6) is 0. The quantitative estimate of drug-likeness (QED) is 0.567. The Kier molecular flexibility index (Phi) is 1.07. The van der Waals surface area contributed by atoms with Crippen LogP contribution >= 0.6 is 0 Å². The molecule has 3 heteroatoms. The Labute approximate surface area is 58.1 Å². The van der Waals surface area contributed by atoms with Gasteiger partial charge in [0.2, 0.25) is 0 Å². The second-order valence-electron chi connectivity index (χ2n) is 1.92. The molecule has 1 aromatic heterocycles. The van der Waals surface area contributed by atoms with Crippen LogP contribution in [-0.2, 0) is 0 Å². The third-order valence-electron chi connectivity index (χ3n) is 1.28. The molecule has 1 aliphatic heterocycles. The third-order valence-corrected chi connectivity index (χ3v) is 1.28. The smallest absolute Gasteiger partial charge is 0.116 e. The lowest BCUT2D eigenvalue weighted by molar-refractivity contribution is 0.566. The molecule has 2 rings (SSSR count). The normalized spacial score (nSPS) is 15.0. The molecule has 0 atom stereocenters. The summed E-state index contributed by atoms with van der Waals surface area (Å²) in [5, 5.41) is 3.83. The minimum atomic E-state index is 0.855. The van der Waals surface area contributed by atoms with Crippen LogP contribution in [-0.4, -0.2) is 6.34 Å². The Morgan fingerprint density at radius 2 is 2.40 bits per heavy atom. The van der Waals surface area contributed by atoms with Gasteiger partial charge < -0.3 is 4.42 Å². The van der Waals surface area contributed by atoms with E-state index in [4.69, 9.17) is 4.42 Å². The van der Waals surface area contributed by atoms with Crippen molar-refractivity contribution >= 4 is 12.0 Å². The van der Waals surface area contributed by atoms with Crippen LogP contribution < -0.4 is 5.32 Å².